The van der Waals surface area contributed by atoms with Gasteiger partial charge in [-0.25, -0.2) is 4.79 Å². The van der Waals surface area contributed by atoms with Gasteiger partial charge in [0.25, 0.3) is 0 Å². The van der Waals surface area contributed by atoms with Gasteiger partial charge in [0.2, 0.25) is 0 Å². The minimum Gasteiger partial charge on any atom is -0.338 e. The maximum atomic E-state index is 11.6. The third kappa shape index (κ3) is 3.94. The van der Waals surface area contributed by atoms with Gasteiger partial charge in [-0.15, -0.1) is 10.2 Å². The van der Waals surface area contributed by atoms with Gasteiger partial charge in [0, 0.05) is 25.0 Å². The normalized spacial score (nSPS) is 18.6. The van der Waals surface area contributed by atoms with Gasteiger partial charge in [-0.2, -0.15) is 0 Å². The lowest BCUT2D eigenvalue weighted by Gasteiger charge is -2.16. The lowest BCUT2D eigenvalue weighted by molar-refractivity contribution is 0.240. The van der Waals surface area contributed by atoms with Crippen LogP contribution in [0.3, 0.4) is 0 Å². The molecule has 1 aromatic heterocycles. The van der Waals surface area contributed by atoms with Crippen LogP contribution in [0.15, 0.2) is 5.16 Å². The average Bonchev–Trinajstić information content (AvgIpc) is 3.03. The molecule has 0 unspecified atom stereocenters. The van der Waals surface area contributed by atoms with E-state index >= 15 is 0 Å². The molecule has 0 saturated heterocycles. The summed E-state index contributed by atoms with van der Waals surface area (Å²) in [5.41, 5.74) is 0. The van der Waals surface area contributed by atoms with Crippen LogP contribution in [0.2, 0.25) is 0 Å². The molecular formula is C15H25N5OS. The summed E-state index contributed by atoms with van der Waals surface area (Å²) in [5.74, 6) is 1.07. The van der Waals surface area contributed by atoms with E-state index in [4.69, 9.17) is 0 Å². The summed E-state index contributed by atoms with van der Waals surface area (Å²) in [6.07, 6.45) is 11.2. The number of aromatic nitrogens is 3. The van der Waals surface area contributed by atoms with Crippen molar-refractivity contribution in [1.82, 2.24) is 25.4 Å². The van der Waals surface area contributed by atoms with Gasteiger partial charge >= 0.3 is 6.03 Å². The summed E-state index contributed by atoms with van der Waals surface area (Å²) < 4.78 is 2.34. The number of nitrogens with zero attached hydrogens (tertiary/aromatic N) is 3. The van der Waals surface area contributed by atoms with Crippen molar-refractivity contribution >= 4 is 17.8 Å². The number of amides is 2. The van der Waals surface area contributed by atoms with Crippen LogP contribution in [0.25, 0.3) is 0 Å². The standard InChI is InChI=1S/C15H25N5OS/c1-22-15-19-18-13(20(15)12-5-2-3-6-12)7-4-10-16-14(21)17-11-8-9-11/h11-12H,2-10H2,1H3,(H2,16,17,21). The summed E-state index contributed by atoms with van der Waals surface area (Å²) in [4.78, 5) is 11.6. The average molecular weight is 323 g/mol. The third-order valence-corrected chi connectivity index (χ3v) is 5.03. The molecule has 0 bridgehead atoms. The number of urea groups is 1. The number of thioether (sulfide) groups is 1. The Morgan fingerprint density at radius 2 is 2.05 bits per heavy atom. The van der Waals surface area contributed by atoms with Gasteiger partial charge in [-0.05, 0) is 38.4 Å². The molecule has 2 aliphatic rings. The molecule has 0 atom stereocenters. The SMILES string of the molecule is CSc1nnc(CCCNC(=O)NC2CC2)n1C1CCCC1. The fourth-order valence-corrected chi connectivity index (χ4v) is 3.63. The van der Waals surface area contributed by atoms with Gasteiger partial charge in [-0.1, -0.05) is 24.6 Å². The van der Waals surface area contributed by atoms with Crippen LogP contribution < -0.4 is 10.6 Å². The maximum Gasteiger partial charge on any atom is 0.315 e. The summed E-state index contributed by atoms with van der Waals surface area (Å²) in [6.45, 7) is 0.685. The molecule has 122 valence electrons. The van der Waals surface area contributed by atoms with Crippen LogP contribution in [0, 0.1) is 0 Å². The molecule has 22 heavy (non-hydrogen) atoms. The Morgan fingerprint density at radius 1 is 1.27 bits per heavy atom. The smallest absolute Gasteiger partial charge is 0.315 e. The second kappa shape index (κ2) is 7.35. The number of carbonyl (C=O) groups is 1. The van der Waals surface area contributed by atoms with Crippen molar-refractivity contribution in [1.29, 1.82) is 0 Å². The van der Waals surface area contributed by atoms with E-state index in [9.17, 15) is 4.79 Å². The molecule has 6 nitrogen and oxygen atoms in total. The van der Waals surface area contributed by atoms with E-state index in [2.05, 4.69) is 31.7 Å². The summed E-state index contributed by atoms with van der Waals surface area (Å²) in [7, 11) is 0. The fraction of sp³-hybridized carbons (Fsp3) is 0.800. The van der Waals surface area contributed by atoms with Gasteiger partial charge in [0.15, 0.2) is 5.16 Å². The van der Waals surface area contributed by atoms with Crippen LogP contribution in [0.5, 0.6) is 0 Å². The van der Waals surface area contributed by atoms with Crippen molar-refractivity contribution < 1.29 is 4.79 Å². The number of aryl methyl sites for hydroxylation is 1. The number of rotatable bonds is 7. The highest BCUT2D eigenvalue weighted by Crippen LogP contribution is 2.33. The minimum atomic E-state index is -0.0374. The summed E-state index contributed by atoms with van der Waals surface area (Å²) in [5, 5.41) is 15.6. The second-order valence-electron chi connectivity index (χ2n) is 6.19. The van der Waals surface area contributed by atoms with Gasteiger partial charge < -0.3 is 15.2 Å². The fourth-order valence-electron chi connectivity index (χ4n) is 3.06. The number of nitrogens with one attached hydrogen (secondary N) is 2. The summed E-state index contributed by atoms with van der Waals surface area (Å²) >= 11 is 1.67. The predicted molar refractivity (Wildman–Crippen MR) is 87.2 cm³/mol. The van der Waals surface area contributed by atoms with E-state index < -0.39 is 0 Å². The predicted octanol–water partition coefficient (Wildman–Crippen LogP) is 2.51. The molecule has 3 rings (SSSR count). The quantitative estimate of drug-likeness (QED) is 0.597. The van der Waals surface area contributed by atoms with E-state index in [-0.39, 0.29) is 6.03 Å². The molecule has 2 aliphatic carbocycles. The first kappa shape index (κ1) is 15.6. The Labute approximate surface area is 135 Å². The number of hydrogen-bond donors (Lipinski definition) is 2. The Bertz CT molecular complexity index is 508. The number of hydrogen-bond acceptors (Lipinski definition) is 4. The van der Waals surface area contributed by atoms with E-state index in [1.807, 2.05) is 0 Å². The molecule has 2 fully saturated rings. The largest absolute Gasteiger partial charge is 0.338 e. The Hall–Kier alpha value is -1.24. The summed E-state index contributed by atoms with van der Waals surface area (Å²) in [6, 6.07) is 0.942. The van der Waals surface area contributed by atoms with Crippen molar-refractivity contribution in [2.75, 3.05) is 12.8 Å². The van der Waals surface area contributed by atoms with Crippen molar-refractivity contribution in [3.63, 3.8) is 0 Å². The Kier molecular flexibility index (Phi) is 5.23. The van der Waals surface area contributed by atoms with Gasteiger partial charge in [0.1, 0.15) is 5.82 Å². The topological polar surface area (TPSA) is 71.8 Å². The molecule has 0 aliphatic heterocycles. The molecule has 0 aromatic carbocycles. The highest BCUT2D eigenvalue weighted by atomic mass is 32.2. The first-order chi connectivity index (χ1) is 10.8. The van der Waals surface area contributed by atoms with E-state index in [1.54, 1.807) is 11.8 Å². The van der Waals surface area contributed by atoms with Crippen LogP contribution in [-0.2, 0) is 6.42 Å². The molecular weight excluding hydrogens is 298 g/mol. The highest BCUT2D eigenvalue weighted by molar-refractivity contribution is 7.98. The minimum absolute atomic E-state index is 0.0374. The van der Waals surface area contributed by atoms with Gasteiger partial charge in [-0.3, -0.25) is 0 Å². The van der Waals surface area contributed by atoms with Crippen LogP contribution in [-0.4, -0.2) is 39.6 Å². The lowest BCUT2D eigenvalue weighted by atomic mass is 10.2. The molecule has 7 heteroatoms. The highest BCUT2D eigenvalue weighted by Gasteiger charge is 2.24. The lowest BCUT2D eigenvalue weighted by Crippen LogP contribution is -2.37. The zero-order chi connectivity index (χ0) is 15.4. The van der Waals surface area contributed by atoms with Crippen molar-refractivity contribution in [2.24, 2.45) is 0 Å². The van der Waals surface area contributed by atoms with E-state index in [1.165, 1.54) is 25.7 Å². The van der Waals surface area contributed by atoms with Crippen molar-refractivity contribution in [2.45, 2.75) is 68.6 Å². The zero-order valence-electron chi connectivity index (χ0n) is 13.2. The first-order valence-electron chi connectivity index (χ1n) is 8.30. The molecule has 1 aromatic rings. The molecule has 0 spiro atoms. The molecule has 2 saturated carbocycles. The van der Waals surface area contributed by atoms with Crippen molar-refractivity contribution in [3.05, 3.63) is 5.82 Å². The first-order valence-corrected chi connectivity index (χ1v) is 9.52. The maximum absolute atomic E-state index is 11.6. The Balaban J connectivity index is 1.49. The molecule has 2 amide bonds. The third-order valence-electron chi connectivity index (χ3n) is 4.38. The monoisotopic (exact) mass is 323 g/mol. The van der Waals surface area contributed by atoms with E-state index in [0.29, 0.717) is 18.6 Å². The molecule has 0 radical (unpaired) electrons. The number of carbonyl (C=O) groups excluding carboxylic acids is 1. The molecule has 1 heterocycles. The van der Waals surface area contributed by atoms with Gasteiger partial charge in [0.05, 0.1) is 0 Å². The van der Waals surface area contributed by atoms with Crippen LogP contribution >= 0.6 is 11.8 Å². The zero-order valence-corrected chi connectivity index (χ0v) is 14.0. The Morgan fingerprint density at radius 3 is 2.73 bits per heavy atom. The van der Waals surface area contributed by atoms with E-state index in [0.717, 1.165) is 36.7 Å². The second-order valence-corrected chi connectivity index (χ2v) is 6.96. The van der Waals surface area contributed by atoms with Crippen molar-refractivity contribution in [3.8, 4) is 0 Å². The molecule has 2 N–H and O–H groups in total. The van der Waals surface area contributed by atoms with Crippen LogP contribution in [0.4, 0.5) is 4.79 Å². The van der Waals surface area contributed by atoms with Crippen LogP contribution in [0.1, 0.15) is 56.8 Å².